The lowest BCUT2D eigenvalue weighted by Crippen LogP contribution is -2.03. The number of rotatable bonds is 1. The number of nitrogens with two attached hydrogens (primary N) is 1. The molecule has 0 atom stereocenters. The van der Waals surface area contributed by atoms with Gasteiger partial charge in [0, 0.05) is 8.95 Å². The van der Waals surface area contributed by atoms with Gasteiger partial charge < -0.3 is 10.8 Å². The Labute approximate surface area is 114 Å². The minimum atomic E-state index is -1.04. The lowest BCUT2D eigenvalue weighted by molar-refractivity contribution is 0.0694. The van der Waals surface area contributed by atoms with Crippen molar-refractivity contribution >= 4 is 75.4 Å². The molecule has 3 N–H and O–H groups in total. The van der Waals surface area contributed by atoms with E-state index in [-0.39, 0.29) is 5.56 Å². The van der Waals surface area contributed by atoms with Crippen LogP contribution in [-0.4, -0.2) is 11.1 Å². The summed E-state index contributed by atoms with van der Waals surface area (Å²) in [6, 6.07) is 0. The molecule has 0 aliphatic carbocycles. The van der Waals surface area contributed by atoms with Gasteiger partial charge in [0.1, 0.15) is 0 Å². The van der Waals surface area contributed by atoms with Crippen LogP contribution in [0.5, 0.6) is 0 Å². The highest BCUT2D eigenvalue weighted by atomic mass is 79.9. The molecule has 0 amide bonds. The molecule has 0 bridgehead atoms. The maximum atomic E-state index is 10.9. The second-order valence-electron chi connectivity index (χ2n) is 2.35. The molecule has 0 saturated carbocycles. The molecule has 0 saturated heterocycles. The summed E-state index contributed by atoms with van der Waals surface area (Å²) in [6.07, 6.45) is 0. The Balaban J connectivity index is 3.68. The molecule has 1 rings (SSSR count). The smallest absolute Gasteiger partial charge is 0.338 e. The van der Waals surface area contributed by atoms with Crippen molar-refractivity contribution in [3.05, 3.63) is 23.5 Å². The summed E-state index contributed by atoms with van der Waals surface area (Å²) in [6.45, 7) is 0. The van der Waals surface area contributed by atoms with E-state index < -0.39 is 5.97 Å². The van der Waals surface area contributed by atoms with E-state index >= 15 is 0 Å². The van der Waals surface area contributed by atoms with Crippen molar-refractivity contribution in [3.63, 3.8) is 0 Å². The van der Waals surface area contributed by atoms with Crippen LogP contribution < -0.4 is 5.73 Å². The van der Waals surface area contributed by atoms with Gasteiger partial charge in [-0.25, -0.2) is 4.79 Å². The minimum absolute atomic E-state index is 0.123. The monoisotopic (exact) mass is 449 g/mol. The molecule has 0 heterocycles. The first-order valence-electron chi connectivity index (χ1n) is 3.22. The van der Waals surface area contributed by atoms with Crippen LogP contribution in [0.25, 0.3) is 0 Å². The van der Waals surface area contributed by atoms with Crippen molar-refractivity contribution in [2.45, 2.75) is 0 Å². The number of aromatic carboxylic acids is 1. The molecular weight excluding hydrogens is 450 g/mol. The SMILES string of the molecule is Nc1c(Br)c(Br)c(C(=O)O)c(Br)c1Br. The Kier molecular flexibility index (Phi) is 4.02. The normalized spacial score (nSPS) is 10.3. The number of carboxylic acid groups (broad SMARTS) is 1. The molecule has 0 unspecified atom stereocenters. The molecule has 0 fully saturated rings. The van der Waals surface area contributed by atoms with Crippen molar-refractivity contribution in [2.24, 2.45) is 0 Å². The van der Waals surface area contributed by atoms with Gasteiger partial charge in [-0.1, -0.05) is 0 Å². The Morgan fingerprint density at radius 2 is 1.36 bits per heavy atom. The average Bonchev–Trinajstić information content (AvgIpc) is 2.11. The molecule has 7 heteroatoms. The first-order chi connectivity index (χ1) is 6.37. The minimum Gasteiger partial charge on any atom is -0.478 e. The number of benzene rings is 1. The van der Waals surface area contributed by atoms with E-state index in [0.717, 1.165) is 0 Å². The van der Waals surface area contributed by atoms with Crippen molar-refractivity contribution in [1.29, 1.82) is 0 Å². The maximum absolute atomic E-state index is 10.9. The Bertz CT molecular complexity index is 390. The number of hydrogen-bond donors (Lipinski definition) is 2. The molecule has 0 aliphatic rings. The van der Waals surface area contributed by atoms with Gasteiger partial charge in [0.2, 0.25) is 0 Å². The molecule has 1 aromatic rings. The third kappa shape index (κ3) is 2.00. The summed E-state index contributed by atoms with van der Waals surface area (Å²) in [7, 11) is 0. The number of carbonyl (C=O) groups is 1. The summed E-state index contributed by atoms with van der Waals surface area (Å²) >= 11 is 12.7. The van der Waals surface area contributed by atoms with Gasteiger partial charge in [-0.05, 0) is 63.7 Å². The van der Waals surface area contributed by atoms with Crippen molar-refractivity contribution in [2.75, 3.05) is 5.73 Å². The van der Waals surface area contributed by atoms with Gasteiger partial charge in [0.05, 0.1) is 20.2 Å². The second-order valence-corrected chi connectivity index (χ2v) is 5.52. The maximum Gasteiger partial charge on any atom is 0.338 e. The predicted molar refractivity (Wildman–Crippen MR) is 68.6 cm³/mol. The highest BCUT2D eigenvalue weighted by molar-refractivity contribution is 9.14. The van der Waals surface area contributed by atoms with E-state index in [1.165, 1.54) is 0 Å². The standard InChI is InChI=1S/C7H3Br4NO2/c8-2-1(7(13)14)3(9)5(11)6(12)4(2)10/h12H2,(H,13,14). The molecular formula is C7H3Br4NO2. The molecule has 0 spiro atoms. The highest BCUT2D eigenvalue weighted by Gasteiger charge is 2.21. The number of nitrogen functional groups attached to an aromatic ring is 1. The zero-order chi connectivity index (χ0) is 11.0. The van der Waals surface area contributed by atoms with Crippen LogP contribution in [0.4, 0.5) is 5.69 Å². The van der Waals surface area contributed by atoms with Gasteiger partial charge in [0.25, 0.3) is 0 Å². The third-order valence-electron chi connectivity index (χ3n) is 1.51. The molecule has 14 heavy (non-hydrogen) atoms. The Hall–Kier alpha value is 0.410. The number of carboxylic acids is 1. The molecule has 3 nitrogen and oxygen atoms in total. The van der Waals surface area contributed by atoms with Crippen LogP contribution in [-0.2, 0) is 0 Å². The molecule has 0 aliphatic heterocycles. The van der Waals surface area contributed by atoms with Crippen molar-refractivity contribution in [3.8, 4) is 0 Å². The molecule has 76 valence electrons. The summed E-state index contributed by atoms with van der Waals surface area (Å²) in [4.78, 5) is 10.9. The van der Waals surface area contributed by atoms with Crippen molar-refractivity contribution < 1.29 is 9.90 Å². The van der Waals surface area contributed by atoms with Crippen LogP contribution in [0.15, 0.2) is 17.9 Å². The van der Waals surface area contributed by atoms with Crippen LogP contribution in [0.3, 0.4) is 0 Å². The van der Waals surface area contributed by atoms with E-state index in [2.05, 4.69) is 63.7 Å². The molecule has 1 aromatic carbocycles. The zero-order valence-electron chi connectivity index (χ0n) is 6.44. The topological polar surface area (TPSA) is 63.3 Å². The molecule has 0 aromatic heterocycles. The molecule has 0 radical (unpaired) electrons. The largest absolute Gasteiger partial charge is 0.478 e. The quantitative estimate of drug-likeness (QED) is 0.500. The van der Waals surface area contributed by atoms with Gasteiger partial charge >= 0.3 is 5.97 Å². The van der Waals surface area contributed by atoms with Gasteiger partial charge in [-0.15, -0.1) is 0 Å². The number of anilines is 1. The summed E-state index contributed by atoms with van der Waals surface area (Å²) < 4.78 is 1.87. The zero-order valence-corrected chi connectivity index (χ0v) is 12.8. The van der Waals surface area contributed by atoms with Crippen molar-refractivity contribution in [1.82, 2.24) is 0 Å². The Morgan fingerprint density at radius 1 is 1.00 bits per heavy atom. The average molecular weight is 453 g/mol. The lowest BCUT2D eigenvalue weighted by Gasteiger charge is -2.10. The Morgan fingerprint density at radius 3 is 1.64 bits per heavy atom. The van der Waals surface area contributed by atoms with Crippen LogP contribution in [0.1, 0.15) is 10.4 Å². The fourth-order valence-corrected chi connectivity index (χ4v) is 3.32. The predicted octanol–water partition coefficient (Wildman–Crippen LogP) is 4.02. The summed E-state index contributed by atoms with van der Waals surface area (Å²) in [5.74, 6) is -1.04. The highest BCUT2D eigenvalue weighted by Crippen LogP contribution is 2.43. The summed E-state index contributed by atoms with van der Waals surface area (Å²) in [5.41, 5.74) is 6.27. The van der Waals surface area contributed by atoms with E-state index in [1.807, 2.05) is 0 Å². The van der Waals surface area contributed by atoms with E-state index in [4.69, 9.17) is 10.8 Å². The fourth-order valence-electron chi connectivity index (χ4n) is 0.836. The van der Waals surface area contributed by atoms with E-state index in [1.54, 1.807) is 0 Å². The van der Waals surface area contributed by atoms with Crippen LogP contribution >= 0.6 is 63.7 Å². The summed E-state index contributed by atoms with van der Waals surface area (Å²) in [5, 5.41) is 8.94. The van der Waals surface area contributed by atoms with E-state index in [0.29, 0.717) is 23.6 Å². The van der Waals surface area contributed by atoms with Gasteiger partial charge in [0.15, 0.2) is 0 Å². The fraction of sp³-hybridized carbons (Fsp3) is 0. The van der Waals surface area contributed by atoms with Gasteiger partial charge in [-0.3, -0.25) is 0 Å². The first-order valence-corrected chi connectivity index (χ1v) is 6.39. The number of hydrogen-bond acceptors (Lipinski definition) is 2. The van der Waals surface area contributed by atoms with Crippen LogP contribution in [0.2, 0.25) is 0 Å². The lowest BCUT2D eigenvalue weighted by atomic mass is 10.2. The number of halogens is 4. The second kappa shape index (κ2) is 4.51. The van der Waals surface area contributed by atoms with Crippen LogP contribution in [0, 0.1) is 0 Å². The first kappa shape index (κ1) is 12.5. The third-order valence-corrected chi connectivity index (χ3v) is 5.81. The van der Waals surface area contributed by atoms with E-state index in [9.17, 15) is 4.79 Å². The van der Waals surface area contributed by atoms with Gasteiger partial charge in [-0.2, -0.15) is 0 Å².